The Kier molecular flexibility index (Phi) is 3.39. The molecule has 1 aromatic carbocycles. The van der Waals surface area contributed by atoms with Crippen LogP contribution < -0.4 is 0 Å². The van der Waals surface area contributed by atoms with Crippen molar-refractivity contribution in [3.05, 3.63) is 35.1 Å². The molecule has 1 aromatic rings. The van der Waals surface area contributed by atoms with Crippen molar-refractivity contribution in [2.45, 2.75) is 13.2 Å². The van der Waals surface area contributed by atoms with Crippen LogP contribution in [-0.2, 0) is 13.2 Å². The summed E-state index contributed by atoms with van der Waals surface area (Å²) in [4.78, 5) is 1.87. The quantitative estimate of drug-likeness (QED) is 0.765. The zero-order chi connectivity index (χ0) is 9.84. The second kappa shape index (κ2) is 4.35. The van der Waals surface area contributed by atoms with E-state index in [0.717, 1.165) is 0 Å². The summed E-state index contributed by atoms with van der Waals surface area (Å²) in [6, 6.07) is 4.76. The molecule has 0 saturated carbocycles. The summed E-state index contributed by atoms with van der Waals surface area (Å²) in [6.45, 7) is 0.406. The molecule has 0 unspecified atom stereocenters. The van der Waals surface area contributed by atoms with Crippen LogP contribution in [0.5, 0.6) is 0 Å². The maximum atomic E-state index is 13.3. The lowest BCUT2D eigenvalue weighted by Gasteiger charge is -2.13. The minimum atomic E-state index is -0.250. The lowest BCUT2D eigenvalue weighted by molar-refractivity contribution is 0.276. The van der Waals surface area contributed by atoms with Crippen molar-refractivity contribution < 1.29 is 9.50 Å². The number of aliphatic hydroxyl groups is 1. The molecule has 0 saturated heterocycles. The highest BCUT2D eigenvalue weighted by Gasteiger charge is 2.07. The highest BCUT2D eigenvalue weighted by molar-refractivity contribution is 5.27. The van der Waals surface area contributed by atoms with E-state index in [4.69, 9.17) is 5.11 Å². The molecule has 13 heavy (non-hydrogen) atoms. The highest BCUT2D eigenvalue weighted by Crippen LogP contribution is 2.14. The van der Waals surface area contributed by atoms with E-state index < -0.39 is 0 Å². The Labute approximate surface area is 77.6 Å². The van der Waals surface area contributed by atoms with Crippen molar-refractivity contribution in [3.63, 3.8) is 0 Å². The molecular formula is C10H14FNO. The first-order valence-corrected chi connectivity index (χ1v) is 4.17. The van der Waals surface area contributed by atoms with E-state index >= 15 is 0 Å². The summed E-state index contributed by atoms with van der Waals surface area (Å²) in [5.74, 6) is -0.250. The van der Waals surface area contributed by atoms with Crippen LogP contribution in [0.2, 0.25) is 0 Å². The normalized spacial score (nSPS) is 10.8. The Morgan fingerprint density at radius 3 is 2.62 bits per heavy atom. The van der Waals surface area contributed by atoms with E-state index in [1.165, 1.54) is 6.07 Å². The average molecular weight is 183 g/mol. The van der Waals surface area contributed by atoms with Crippen molar-refractivity contribution in [1.82, 2.24) is 4.90 Å². The molecule has 1 N–H and O–H groups in total. The second-order valence-electron chi connectivity index (χ2n) is 3.27. The van der Waals surface area contributed by atoms with Crippen LogP contribution >= 0.6 is 0 Å². The molecule has 0 bridgehead atoms. The molecule has 0 aliphatic heterocycles. The molecule has 0 amide bonds. The van der Waals surface area contributed by atoms with Crippen LogP contribution in [-0.4, -0.2) is 24.1 Å². The Morgan fingerprint density at radius 2 is 2.08 bits per heavy atom. The van der Waals surface area contributed by atoms with Crippen LogP contribution in [0.25, 0.3) is 0 Å². The number of aliphatic hydroxyl groups excluding tert-OH is 1. The molecule has 3 heteroatoms. The maximum Gasteiger partial charge on any atom is 0.128 e. The largest absolute Gasteiger partial charge is 0.392 e. The molecule has 1 rings (SSSR count). The fourth-order valence-electron chi connectivity index (χ4n) is 1.24. The number of hydrogen-bond acceptors (Lipinski definition) is 2. The Bertz CT molecular complexity index is 286. The van der Waals surface area contributed by atoms with Crippen molar-refractivity contribution in [2.24, 2.45) is 0 Å². The number of benzene rings is 1. The third-order valence-electron chi connectivity index (χ3n) is 1.86. The second-order valence-corrected chi connectivity index (χ2v) is 3.27. The topological polar surface area (TPSA) is 23.5 Å². The molecule has 0 spiro atoms. The molecule has 0 fully saturated rings. The smallest absolute Gasteiger partial charge is 0.128 e. The van der Waals surface area contributed by atoms with Gasteiger partial charge in [-0.3, -0.25) is 0 Å². The van der Waals surface area contributed by atoms with Crippen LogP contribution in [0.4, 0.5) is 4.39 Å². The summed E-state index contributed by atoms with van der Waals surface area (Å²) in [7, 11) is 3.74. The van der Waals surface area contributed by atoms with E-state index in [-0.39, 0.29) is 12.4 Å². The summed E-state index contributed by atoms with van der Waals surface area (Å²) >= 11 is 0. The van der Waals surface area contributed by atoms with Gasteiger partial charge in [0.2, 0.25) is 0 Å². The lowest BCUT2D eigenvalue weighted by atomic mass is 10.1. The van der Waals surface area contributed by atoms with Crippen LogP contribution in [0.3, 0.4) is 0 Å². The van der Waals surface area contributed by atoms with E-state index in [0.29, 0.717) is 17.7 Å². The minimum Gasteiger partial charge on any atom is -0.392 e. The fourth-order valence-corrected chi connectivity index (χ4v) is 1.24. The van der Waals surface area contributed by atoms with Gasteiger partial charge in [-0.15, -0.1) is 0 Å². The van der Waals surface area contributed by atoms with Gasteiger partial charge in [-0.25, -0.2) is 4.39 Å². The van der Waals surface area contributed by atoms with Gasteiger partial charge in [0.1, 0.15) is 5.82 Å². The van der Waals surface area contributed by atoms with Crippen molar-refractivity contribution in [2.75, 3.05) is 14.1 Å². The number of halogens is 1. The molecule has 0 radical (unpaired) electrons. The zero-order valence-electron chi connectivity index (χ0n) is 7.92. The van der Waals surface area contributed by atoms with Gasteiger partial charge in [0.25, 0.3) is 0 Å². The highest BCUT2D eigenvalue weighted by atomic mass is 19.1. The third kappa shape index (κ3) is 2.50. The number of hydrogen-bond donors (Lipinski definition) is 1. The van der Waals surface area contributed by atoms with Gasteiger partial charge < -0.3 is 10.0 Å². The molecular weight excluding hydrogens is 169 g/mol. The average Bonchev–Trinajstić information content (AvgIpc) is 2.08. The summed E-state index contributed by atoms with van der Waals surface area (Å²) in [6.07, 6.45) is 0. The van der Waals surface area contributed by atoms with Crippen LogP contribution in [0.1, 0.15) is 11.1 Å². The summed E-state index contributed by atoms with van der Waals surface area (Å²) < 4.78 is 13.3. The van der Waals surface area contributed by atoms with Crippen molar-refractivity contribution in [1.29, 1.82) is 0 Å². The standard InChI is InChI=1S/C10H14FNO/c1-12(2)6-9-8(7-13)4-3-5-10(9)11/h3-5,13H,6-7H2,1-2H3. The van der Waals surface area contributed by atoms with Crippen molar-refractivity contribution >= 4 is 0 Å². The fraction of sp³-hybridized carbons (Fsp3) is 0.400. The van der Waals surface area contributed by atoms with Crippen LogP contribution in [0.15, 0.2) is 18.2 Å². The monoisotopic (exact) mass is 183 g/mol. The van der Waals surface area contributed by atoms with E-state index in [9.17, 15) is 4.39 Å². The van der Waals surface area contributed by atoms with E-state index in [1.807, 2.05) is 19.0 Å². The number of nitrogens with zero attached hydrogens (tertiary/aromatic N) is 1. The van der Waals surface area contributed by atoms with Gasteiger partial charge in [-0.1, -0.05) is 12.1 Å². The van der Waals surface area contributed by atoms with Crippen LogP contribution in [0, 0.1) is 5.82 Å². The molecule has 0 aromatic heterocycles. The lowest BCUT2D eigenvalue weighted by Crippen LogP contribution is -2.13. The maximum absolute atomic E-state index is 13.3. The Hall–Kier alpha value is -0.930. The van der Waals surface area contributed by atoms with Gasteiger partial charge in [0.05, 0.1) is 6.61 Å². The third-order valence-corrected chi connectivity index (χ3v) is 1.86. The molecule has 0 aliphatic rings. The van der Waals surface area contributed by atoms with Gasteiger partial charge in [-0.05, 0) is 25.7 Å². The van der Waals surface area contributed by atoms with E-state index in [1.54, 1.807) is 12.1 Å². The summed E-state index contributed by atoms with van der Waals surface area (Å²) in [5, 5.41) is 8.97. The molecule has 0 atom stereocenters. The first-order valence-electron chi connectivity index (χ1n) is 4.17. The Morgan fingerprint density at radius 1 is 1.38 bits per heavy atom. The minimum absolute atomic E-state index is 0.110. The predicted octanol–water partition coefficient (Wildman–Crippen LogP) is 1.38. The first kappa shape index (κ1) is 10.2. The molecule has 2 nitrogen and oxygen atoms in total. The van der Waals surface area contributed by atoms with Gasteiger partial charge in [0, 0.05) is 12.1 Å². The van der Waals surface area contributed by atoms with Gasteiger partial charge in [-0.2, -0.15) is 0 Å². The van der Waals surface area contributed by atoms with E-state index in [2.05, 4.69) is 0 Å². The SMILES string of the molecule is CN(C)Cc1c(F)cccc1CO. The molecule has 0 heterocycles. The predicted molar refractivity (Wildman–Crippen MR) is 49.7 cm³/mol. The number of rotatable bonds is 3. The zero-order valence-corrected chi connectivity index (χ0v) is 7.92. The molecule has 72 valence electrons. The van der Waals surface area contributed by atoms with Gasteiger partial charge in [0.15, 0.2) is 0 Å². The summed E-state index contributed by atoms with van der Waals surface area (Å²) in [5.41, 5.74) is 1.24. The van der Waals surface area contributed by atoms with Gasteiger partial charge >= 0.3 is 0 Å². The first-order chi connectivity index (χ1) is 6.15. The molecule has 0 aliphatic carbocycles. The Balaban J connectivity index is 3.00. The van der Waals surface area contributed by atoms with Crippen molar-refractivity contribution in [3.8, 4) is 0 Å².